The molecule has 0 unspecified atom stereocenters. The molecule has 6 nitrogen and oxygen atoms in total. The Bertz CT molecular complexity index is 683. The van der Waals surface area contributed by atoms with Crippen molar-refractivity contribution in [2.24, 2.45) is 0 Å². The quantitative estimate of drug-likeness (QED) is 0.831. The summed E-state index contributed by atoms with van der Waals surface area (Å²) >= 11 is 6.13. The van der Waals surface area contributed by atoms with Crippen molar-refractivity contribution in [1.82, 2.24) is 10.5 Å². The van der Waals surface area contributed by atoms with Gasteiger partial charge in [0, 0.05) is 18.2 Å². The van der Waals surface area contributed by atoms with Gasteiger partial charge in [0.2, 0.25) is 5.91 Å². The zero-order valence-corrected chi connectivity index (χ0v) is 13.9. The van der Waals surface area contributed by atoms with Crippen molar-refractivity contribution in [1.29, 1.82) is 0 Å². The van der Waals surface area contributed by atoms with Crippen molar-refractivity contribution < 1.29 is 18.8 Å². The molecule has 0 bridgehead atoms. The Hall–Kier alpha value is -1.89. The first-order valence-electron chi connectivity index (χ1n) is 7.89. The largest absolute Gasteiger partial charge is 0.376 e. The Morgan fingerprint density at radius 1 is 1.42 bits per heavy atom. The van der Waals surface area contributed by atoms with E-state index in [0.29, 0.717) is 23.1 Å². The van der Waals surface area contributed by atoms with Gasteiger partial charge in [0.25, 0.3) is 0 Å². The summed E-state index contributed by atoms with van der Waals surface area (Å²) in [5.41, 5.74) is 1.43. The molecule has 0 spiro atoms. The molecular formula is C17H19ClN2O4. The Labute approximate surface area is 145 Å². The van der Waals surface area contributed by atoms with Crippen molar-refractivity contribution in [3.05, 3.63) is 41.1 Å². The summed E-state index contributed by atoms with van der Waals surface area (Å²) in [7, 11) is 0. The van der Waals surface area contributed by atoms with Crippen LogP contribution in [0.4, 0.5) is 0 Å². The molecule has 1 saturated heterocycles. The predicted molar refractivity (Wildman–Crippen MR) is 88.6 cm³/mol. The summed E-state index contributed by atoms with van der Waals surface area (Å²) in [5.74, 6) is 0.348. The molecule has 3 rings (SSSR count). The van der Waals surface area contributed by atoms with Gasteiger partial charge in [0.05, 0.1) is 24.3 Å². The number of rotatable bonds is 7. The predicted octanol–water partition coefficient (Wildman–Crippen LogP) is 2.81. The number of aromatic nitrogens is 1. The molecular weight excluding hydrogens is 332 g/mol. The zero-order valence-electron chi connectivity index (χ0n) is 13.2. The molecule has 0 aliphatic carbocycles. The molecule has 1 aromatic heterocycles. The number of hydrogen-bond acceptors (Lipinski definition) is 5. The van der Waals surface area contributed by atoms with E-state index in [1.165, 1.54) is 0 Å². The van der Waals surface area contributed by atoms with Crippen LogP contribution in [-0.4, -0.2) is 37.0 Å². The lowest BCUT2D eigenvalue weighted by molar-refractivity contribution is -0.127. The van der Waals surface area contributed by atoms with E-state index >= 15 is 0 Å². The number of carbonyl (C=O) groups excluding carboxylic acids is 1. The van der Waals surface area contributed by atoms with Crippen LogP contribution in [-0.2, 0) is 20.8 Å². The van der Waals surface area contributed by atoms with Gasteiger partial charge in [0.15, 0.2) is 5.76 Å². The minimum absolute atomic E-state index is 0.00533. The molecule has 1 amide bonds. The third kappa shape index (κ3) is 4.56. The highest BCUT2D eigenvalue weighted by Crippen LogP contribution is 2.26. The lowest BCUT2D eigenvalue weighted by Crippen LogP contribution is -2.28. The number of benzene rings is 1. The average Bonchev–Trinajstić information content (AvgIpc) is 3.25. The number of nitrogens with zero attached hydrogens (tertiary/aromatic N) is 1. The van der Waals surface area contributed by atoms with Crippen molar-refractivity contribution in [3.63, 3.8) is 0 Å². The third-order valence-electron chi connectivity index (χ3n) is 3.73. The van der Waals surface area contributed by atoms with Crippen molar-refractivity contribution in [3.8, 4) is 11.3 Å². The van der Waals surface area contributed by atoms with E-state index in [9.17, 15) is 4.79 Å². The molecule has 1 atom stereocenters. The summed E-state index contributed by atoms with van der Waals surface area (Å²) in [6.45, 7) is 1.48. The van der Waals surface area contributed by atoms with E-state index < -0.39 is 0 Å². The molecule has 24 heavy (non-hydrogen) atoms. The van der Waals surface area contributed by atoms with Crippen LogP contribution in [0.3, 0.4) is 0 Å². The van der Waals surface area contributed by atoms with E-state index in [4.69, 9.17) is 25.6 Å². The highest BCUT2D eigenvalue weighted by molar-refractivity contribution is 6.33. The van der Waals surface area contributed by atoms with Gasteiger partial charge in [-0.1, -0.05) is 35.0 Å². The van der Waals surface area contributed by atoms with Gasteiger partial charge >= 0.3 is 0 Å². The number of amides is 1. The summed E-state index contributed by atoms with van der Waals surface area (Å²) in [6, 6.07) is 9.14. The van der Waals surface area contributed by atoms with Gasteiger partial charge in [0.1, 0.15) is 12.3 Å². The fourth-order valence-electron chi connectivity index (χ4n) is 2.49. The summed E-state index contributed by atoms with van der Waals surface area (Å²) in [6.07, 6.45) is 2.16. The SMILES string of the molecule is O=C(COC[C@@H]1CCCO1)NCc1cc(-c2ccccc2Cl)no1. The highest BCUT2D eigenvalue weighted by atomic mass is 35.5. The standard InChI is InChI=1S/C17H19ClN2O4/c18-15-6-2-1-5-14(15)16-8-13(24-20-16)9-19-17(21)11-22-10-12-4-3-7-23-12/h1-2,5-6,8,12H,3-4,7,9-11H2,(H,19,21)/t12-/m0/s1. The smallest absolute Gasteiger partial charge is 0.246 e. The minimum Gasteiger partial charge on any atom is -0.376 e. The lowest BCUT2D eigenvalue weighted by atomic mass is 10.1. The van der Waals surface area contributed by atoms with Gasteiger partial charge < -0.3 is 19.3 Å². The van der Waals surface area contributed by atoms with Crippen molar-refractivity contribution in [2.45, 2.75) is 25.5 Å². The second kappa shape index (κ2) is 8.28. The van der Waals surface area contributed by atoms with Crippen molar-refractivity contribution >= 4 is 17.5 Å². The number of halogens is 1. The molecule has 1 aliphatic rings. The molecule has 1 aliphatic heterocycles. The van der Waals surface area contributed by atoms with Crippen LogP contribution in [0.2, 0.25) is 5.02 Å². The second-order valence-electron chi connectivity index (χ2n) is 5.59. The summed E-state index contributed by atoms with van der Waals surface area (Å²) < 4.78 is 16.0. The van der Waals surface area contributed by atoms with Crippen LogP contribution in [0.5, 0.6) is 0 Å². The Kier molecular flexibility index (Phi) is 5.85. The first-order chi connectivity index (χ1) is 11.7. The Balaban J connectivity index is 1.43. The number of ether oxygens (including phenoxy) is 2. The Morgan fingerprint density at radius 3 is 3.08 bits per heavy atom. The normalized spacial score (nSPS) is 17.1. The third-order valence-corrected chi connectivity index (χ3v) is 4.06. The van der Waals surface area contributed by atoms with Crippen LogP contribution in [0.15, 0.2) is 34.9 Å². The van der Waals surface area contributed by atoms with Crippen LogP contribution < -0.4 is 5.32 Å². The molecule has 0 saturated carbocycles. The zero-order chi connectivity index (χ0) is 16.8. The first-order valence-corrected chi connectivity index (χ1v) is 8.26. The topological polar surface area (TPSA) is 73.6 Å². The van der Waals surface area contributed by atoms with Crippen LogP contribution >= 0.6 is 11.6 Å². The van der Waals surface area contributed by atoms with Gasteiger partial charge in [-0.25, -0.2) is 0 Å². The summed E-state index contributed by atoms with van der Waals surface area (Å²) in [5, 5.41) is 7.31. The number of nitrogens with one attached hydrogen (secondary N) is 1. The van der Waals surface area contributed by atoms with Crippen LogP contribution in [0.1, 0.15) is 18.6 Å². The first kappa shape index (κ1) is 17.0. The van der Waals surface area contributed by atoms with Gasteiger partial charge in [-0.15, -0.1) is 0 Å². The van der Waals surface area contributed by atoms with E-state index in [1.807, 2.05) is 18.2 Å². The summed E-state index contributed by atoms with van der Waals surface area (Å²) in [4.78, 5) is 11.8. The number of carbonyl (C=O) groups is 1. The molecule has 1 fully saturated rings. The maximum absolute atomic E-state index is 11.8. The molecule has 0 radical (unpaired) electrons. The highest BCUT2D eigenvalue weighted by Gasteiger charge is 2.16. The molecule has 2 aromatic rings. The van der Waals surface area contributed by atoms with Gasteiger partial charge in [-0.3, -0.25) is 4.79 Å². The molecule has 1 aromatic carbocycles. The monoisotopic (exact) mass is 350 g/mol. The fourth-order valence-corrected chi connectivity index (χ4v) is 2.72. The van der Waals surface area contributed by atoms with Crippen LogP contribution in [0, 0.1) is 0 Å². The number of hydrogen-bond donors (Lipinski definition) is 1. The molecule has 7 heteroatoms. The van der Waals surface area contributed by atoms with E-state index in [0.717, 1.165) is 25.0 Å². The van der Waals surface area contributed by atoms with E-state index in [-0.39, 0.29) is 25.2 Å². The average molecular weight is 351 g/mol. The van der Waals surface area contributed by atoms with Gasteiger partial charge in [-0.05, 0) is 18.9 Å². The second-order valence-corrected chi connectivity index (χ2v) is 5.99. The fraction of sp³-hybridized carbons (Fsp3) is 0.412. The minimum atomic E-state index is -0.205. The van der Waals surface area contributed by atoms with Crippen LogP contribution in [0.25, 0.3) is 11.3 Å². The molecule has 1 N–H and O–H groups in total. The maximum Gasteiger partial charge on any atom is 0.246 e. The van der Waals surface area contributed by atoms with E-state index in [2.05, 4.69) is 10.5 Å². The maximum atomic E-state index is 11.8. The van der Waals surface area contributed by atoms with Gasteiger partial charge in [-0.2, -0.15) is 0 Å². The van der Waals surface area contributed by atoms with Crippen molar-refractivity contribution in [2.75, 3.05) is 19.8 Å². The Morgan fingerprint density at radius 2 is 2.29 bits per heavy atom. The lowest BCUT2D eigenvalue weighted by Gasteiger charge is -2.09. The van der Waals surface area contributed by atoms with E-state index in [1.54, 1.807) is 12.1 Å². The molecule has 128 valence electrons. The molecule has 2 heterocycles.